The van der Waals surface area contributed by atoms with Crippen molar-refractivity contribution in [3.05, 3.63) is 35.4 Å². The Morgan fingerprint density at radius 3 is 2.65 bits per heavy atom. The Hall–Kier alpha value is -3.43. The zero-order chi connectivity index (χ0) is 18.5. The van der Waals surface area contributed by atoms with Crippen molar-refractivity contribution in [2.45, 2.75) is 5.03 Å². The van der Waals surface area contributed by atoms with Gasteiger partial charge in [0.05, 0.1) is 5.75 Å². The Kier molecular flexibility index (Phi) is 5.11. The van der Waals surface area contributed by atoms with E-state index < -0.39 is 0 Å². The first-order valence-corrected chi connectivity index (χ1v) is 8.57. The minimum Gasteiger partial charge on any atom is -0.486 e. The van der Waals surface area contributed by atoms with Crippen LogP contribution >= 0.6 is 11.8 Å². The first-order chi connectivity index (χ1) is 12.6. The molecule has 0 unspecified atom stereocenters. The predicted octanol–water partition coefficient (Wildman–Crippen LogP) is 1.33. The molecule has 2 heterocycles. The third kappa shape index (κ3) is 3.79. The molecule has 0 aliphatic carbocycles. The fourth-order valence-corrected chi connectivity index (χ4v) is 3.08. The van der Waals surface area contributed by atoms with Gasteiger partial charge in [-0.2, -0.15) is 10.5 Å². The highest BCUT2D eigenvalue weighted by atomic mass is 32.2. The molecule has 0 fully saturated rings. The lowest BCUT2D eigenvalue weighted by Crippen LogP contribution is -2.20. The molecule has 0 spiro atoms. The topological polar surface area (TPSA) is 135 Å². The molecule has 0 bridgehead atoms. The van der Waals surface area contributed by atoms with E-state index >= 15 is 0 Å². The number of carbonyl (C=O) groups is 1. The predicted molar refractivity (Wildman–Crippen MR) is 93.6 cm³/mol. The van der Waals surface area contributed by atoms with Crippen LogP contribution in [-0.2, 0) is 4.79 Å². The third-order valence-corrected chi connectivity index (χ3v) is 4.50. The third-order valence-electron chi connectivity index (χ3n) is 3.49. The second kappa shape index (κ2) is 7.64. The average Bonchev–Trinajstić information content (AvgIpc) is 2.66. The average molecular weight is 368 g/mol. The smallest absolute Gasteiger partial charge is 0.289 e. The van der Waals surface area contributed by atoms with Crippen LogP contribution in [0.2, 0.25) is 0 Å². The molecule has 26 heavy (non-hydrogen) atoms. The van der Waals surface area contributed by atoms with Gasteiger partial charge in [-0.25, -0.2) is 4.98 Å². The number of benzene rings is 1. The number of aromatic nitrogens is 1. The zero-order valence-electron chi connectivity index (χ0n) is 13.5. The highest BCUT2D eigenvalue weighted by molar-refractivity contribution is 7.99. The number of ether oxygens (including phenoxy) is 2. The van der Waals surface area contributed by atoms with Gasteiger partial charge in [0.25, 0.3) is 5.82 Å². The molecule has 1 aromatic heterocycles. The summed E-state index contributed by atoms with van der Waals surface area (Å²) in [4.78, 5) is 15.0. The van der Waals surface area contributed by atoms with Crippen molar-refractivity contribution >= 4 is 29.2 Å². The van der Waals surface area contributed by atoms with Gasteiger partial charge in [-0.1, -0.05) is 11.8 Å². The van der Waals surface area contributed by atoms with Gasteiger partial charge in [-0.15, -0.1) is 0 Å². The van der Waals surface area contributed by atoms with E-state index in [2.05, 4.69) is 10.3 Å². The number of nitrogens with zero attached hydrogens (tertiary/aromatic N) is 2. The monoisotopic (exact) mass is 368 g/mol. The maximum Gasteiger partial charge on any atom is 0.289 e. The number of nitrogens with one attached hydrogen (secondary N) is 2. The van der Waals surface area contributed by atoms with E-state index in [1.807, 2.05) is 12.1 Å². The Bertz CT molecular complexity index is 949. The summed E-state index contributed by atoms with van der Waals surface area (Å²) in [6.07, 6.45) is 0. The lowest BCUT2D eigenvalue weighted by atomic mass is 10.2. The number of carbonyl (C=O) groups excluding carboxylic acids is 1. The van der Waals surface area contributed by atoms with E-state index in [-0.39, 0.29) is 28.6 Å². The molecular weight excluding hydrogens is 354 g/mol. The SMILES string of the molecule is N#Cc1cc(C#N)c(SCC(=O)Nc2ccc3c(c2)OCCO3)[nH+]c1N. The fourth-order valence-electron chi connectivity index (χ4n) is 2.29. The number of fused-ring (bicyclic) bond motifs is 1. The number of anilines is 2. The number of nitrogens with two attached hydrogens (primary N) is 1. The minimum atomic E-state index is -0.258. The second-order valence-electron chi connectivity index (χ2n) is 5.26. The molecule has 1 aliphatic heterocycles. The number of H-pyrrole nitrogens is 1. The van der Waals surface area contributed by atoms with Crippen molar-refractivity contribution in [1.82, 2.24) is 0 Å². The standard InChI is InChI=1S/C17H13N5O3S/c18-7-10-5-11(8-19)17(22-16(10)20)26-9-15(23)21-12-1-2-13-14(6-12)25-4-3-24-13/h1-2,5-6H,3-4,9H2,(H2,20,22)(H,21,23)/p+1. The van der Waals surface area contributed by atoms with Gasteiger partial charge in [0, 0.05) is 11.8 Å². The van der Waals surface area contributed by atoms with Crippen LogP contribution in [0, 0.1) is 22.7 Å². The van der Waals surface area contributed by atoms with Gasteiger partial charge in [0.2, 0.25) is 5.91 Å². The van der Waals surface area contributed by atoms with Crippen molar-refractivity contribution in [3.8, 4) is 23.6 Å². The van der Waals surface area contributed by atoms with Crippen LogP contribution < -0.4 is 25.5 Å². The largest absolute Gasteiger partial charge is 0.486 e. The van der Waals surface area contributed by atoms with Gasteiger partial charge < -0.3 is 14.8 Å². The van der Waals surface area contributed by atoms with E-state index in [1.165, 1.54) is 6.07 Å². The Balaban J connectivity index is 1.65. The summed E-state index contributed by atoms with van der Waals surface area (Å²) in [5.41, 5.74) is 6.75. The summed E-state index contributed by atoms with van der Waals surface area (Å²) in [5, 5.41) is 21.3. The fraction of sp³-hybridized carbons (Fsp3) is 0.176. The summed E-state index contributed by atoms with van der Waals surface area (Å²) in [5.74, 6) is 1.19. The van der Waals surface area contributed by atoms with Crippen LogP contribution in [0.5, 0.6) is 11.5 Å². The van der Waals surface area contributed by atoms with Crippen molar-refractivity contribution in [2.75, 3.05) is 30.0 Å². The summed E-state index contributed by atoms with van der Waals surface area (Å²) in [7, 11) is 0. The van der Waals surface area contributed by atoms with Gasteiger partial charge >= 0.3 is 0 Å². The lowest BCUT2D eigenvalue weighted by molar-refractivity contribution is -0.410. The molecule has 1 aromatic carbocycles. The first kappa shape index (κ1) is 17.4. The number of pyridine rings is 1. The molecule has 3 rings (SSSR count). The van der Waals surface area contributed by atoms with E-state index in [0.29, 0.717) is 35.4 Å². The number of rotatable bonds is 4. The number of hydrogen-bond acceptors (Lipinski definition) is 7. The minimum absolute atomic E-state index is 0.0605. The van der Waals surface area contributed by atoms with Crippen LogP contribution in [0.1, 0.15) is 11.1 Å². The summed E-state index contributed by atoms with van der Waals surface area (Å²) in [6, 6.07) is 10.4. The molecule has 9 heteroatoms. The van der Waals surface area contributed by atoms with E-state index in [4.69, 9.17) is 20.5 Å². The molecule has 1 aliphatic rings. The Morgan fingerprint density at radius 1 is 1.19 bits per heavy atom. The maximum absolute atomic E-state index is 12.2. The molecule has 0 radical (unpaired) electrons. The van der Waals surface area contributed by atoms with Crippen LogP contribution in [0.25, 0.3) is 0 Å². The molecule has 0 atom stereocenters. The van der Waals surface area contributed by atoms with Crippen molar-refractivity contribution in [3.63, 3.8) is 0 Å². The highest BCUT2D eigenvalue weighted by Crippen LogP contribution is 2.32. The van der Waals surface area contributed by atoms with Gasteiger partial charge in [0.15, 0.2) is 16.5 Å². The van der Waals surface area contributed by atoms with Crippen LogP contribution in [-0.4, -0.2) is 24.9 Å². The van der Waals surface area contributed by atoms with Crippen molar-refractivity contribution in [2.24, 2.45) is 0 Å². The summed E-state index contributed by atoms with van der Waals surface area (Å²) >= 11 is 1.13. The Labute approximate surface area is 153 Å². The number of nitrogen functional groups attached to an aromatic ring is 1. The molecular formula is C17H14N5O3S+. The Morgan fingerprint density at radius 2 is 1.92 bits per heavy atom. The van der Waals surface area contributed by atoms with Crippen LogP contribution in [0.3, 0.4) is 0 Å². The van der Waals surface area contributed by atoms with Crippen LogP contribution in [0.4, 0.5) is 11.5 Å². The quantitative estimate of drug-likeness (QED) is 0.777. The van der Waals surface area contributed by atoms with E-state index in [9.17, 15) is 10.1 Å². The number of thioether (sulfide) groups is 1. The molecule has 1 amide bonds. The highest BCUT2D eigenvalue weighted by Gasteiger charge is 2.17. The number of amides is 1. The summed E-state index contributed by atoms with van der Waals surface area (Å²) in [6.45, 7) is 0.966. The summed E-state index contributed by atoms with van der Waals surface area (Å²) < 4.78 is 10.9. The number of nitriles is 2. The van der Waals surface area contributed by atoms with Gasteiger partial charge in [-0.05, 0) is 18.2 Å². The van der Waals surface area contributed by atoms with Crippen LogP contribution in [0.15, 0.2) is 29.3 Å². The van der Waals surface area contributed by atoms with Crippen molar-refractivity contribution < 1.29 is 19.3 Å². The first-order valence-electron chi connectivity index (χ1n) is 7.59. The second-order valence-corrected chi connectivity index (χ2v) is 6.24. The van der Waals surface area contributed by atoms with Gasteiger partial charge in [-0.3, -0.25) is 10.5 Å². The van der Waals surface area contributed by atoms with Gasteiger partial charge in [0.1, 0.15) is 36.5 Å². The molecule has 2 aromatic rings. The molecule has 0 saturated heterocycles. The zero-order valence-corrected chi connectivity index (χ0v) is 14.4. The molecule has 4 N–H and O–H groups in total. The molecule has 8 nitrogen and oxygen atoms in total. The molecule has 130 valence electrons. The maximum atomic E-state index is 12.2. The normalized spacial score (nSPS) is 11.9. The van der Waals surface area contributed by atoms with E-state index in [1.54, 1.807) is 18.2 Å². The number of aromatic amines is 1. The van der Waals surface area contributed by atoms with E-state index in [0.717, 1.165) is 11.8 Å². The van der Waals surface area contributed by atoms with Crippen molar-refractivity contribution in [1.29, 1.82) is 10.5 Å². The molecule has 0 saturated carbocycles. The lowest BCUT2D eigenvalue weighted by Gasteiger charge is -2.18. The number of hydrogen-bond donors (Lipinski definition) is 2.